The molecule has 2 aliphatic rings. The number of benzene rings is 1. The lowest BCUT2D eigenvalue weighted by Gasteiger charge is -2.50. The van der Waals surface area contributed by atoms with Crippen molar-refractivity contribution in [2.45, 2.75) is 71.0 Å². The van der Waals surface area contributed by atoms with Gasteiger partial charge in [0.25, 0.3) is 5.91 Å². The molecule has 0 saturated carbocycles. The van der Waals surface area contributed by atoms with Crippen LogP contribution in [-0.2, 0) is 0 Å². The van der Waals surface area contributed by atoms with Crippen LogP contribution in [0.1, 0.15) is 61.9 Å². The number of nitrogens with zero attached hydrogens (tertiary/aromatic N) is 1. The zero-order valence-corrected chi connectivity index (χ0v) is 16.9. The largest absolute Gasteiger partial charge is 0.362 e. The summed E-state index contributed by atoms with van der Waals surface area (Å²) >= 11 is 5.69. The summed E-state index contributed by atoms with van der Waals surface area (Å²) in [5, 5.41) is 7.60. The number of piperidine rings is 2. The summed E-state index contributed by atoms with van der Waals surface area (Å²) in [6.45, 7) is 7.35. The van der Waals surface area contributed by atoms with Crippen molar-refractivity contribution in [2.24, 2.45) is 5.92 Å². The Kier molecular flexibility index (Phi) is 6.17. The third-order valence-electron chi connectivity index (χ3n) is 5.52. The first-order chi connectivity index (χ1) is 12.4. The second-order valence-electron chi connectivity index (χ2n) is 8.23. The second-order valence-corrected chi connectivity index (χ2v) is 8.62. The molecule has 26 heavy (non-hydrogen) atoms. The third-order valence-corrected chi connectivity index (χ3v) is 5.87. The Morgan fingerprint density at radius 1 is 1.19 bits per heavy atom. The highest BCUT2D eigenvalue weighted by Crippen LogP contribution is 2.34. The van der Waals surface area contributed by atoms with Gasteiger partial charge in [0, 0.05) is 30.2 Å². The van der Waals surface area contributed by atoms with Crippen molar-refractivity contribution in [1.82, 2.24) is 15.5 Å². The molecule has 2 heterocycles. The van der Waals surface area contributed by atoms with Gasteiger partial charge in [-0.15, -0.1) is 0 Å². The molecular weight excluding hydrogens is 342 g/mol. The lowest BCUT2D eigenvalue weighted by molar-refractivity contribution is 0.0739. The first-order valence-electron chi connectivity index (χ1n) is 9.87. The maximum absolute atomic E-state index is 12.6. The molecule has 3 rings (SSSR count). The summed E-state index contributed by atoms with van der Waals surface area (Å²) < 4.78 is 0. The minimum absolute atomic E-state index is 0.0435. The van der Waals surface area contributed by atoms with Crippen molar-refractivity contribution in [2.75, 3.05) is 6.54 Å². The van der Waals surface area contributed by atoms with E-state index >= 15 is 0 Å². The van der Waals surface area contributed by atoms with Crippen LogP contribution in [0.4, 0.5) is 0 Å². The van der Waals surface area contributed by atoms with Gasteiger partial charge < -0.3 is 15.5 Å². The Balaban J connectivity index is 1.61. The fraction of sp³-hybridized carbons (Fsp3) is 0.619. The molecule has 0 aromatic heterocycles. The summed E-state index contributed by atoms with van der Waals surface area (Å²) in [5.74, 6) is 0.626. The van der Waals surface area contributed by atoms with Crippen LogP contribution in [0.25, 0.3) is 0 Å². The number of carbonyl (C=O) groups excluding carboxylic acids is 1. The van der Waals surface area contributed by atoms with E-state index in [9.17, 15) is 4.79 Å². The molecule has 1 amide bonds. The first-order valence-corrected chi connectivity index (χ1v) is 10.3. The number of aryl methyl sites for hydroxylation is 1. The van der Waals surface area contributed by atoms with E-state index in [2.05, 4.69) is 29.4 Å². The molecule has 2 saturated heterocycles. The molecule has 2 atom stereocenters. The van der Waals surface area contributed by atoms with E-state index in [0.717, 1.165) is 42.9 Å². The monoisotopic (exact) mass is 373 g/mol. The highest BCUT2D eigenvalue weighted by Gasteiger charge is 2.39. The minimum Gasteiger partial charge on any atom is -0.362 e. The molecular formula is C21H31N3OS. The summed E-state index contributed by atoms with van der Waals surface area (Å²) in [6, 6.07) is 8.92. The summed E-state index contributed by atoms with van der Waals surface area (Å²) in [6.07, 6.45) is 5.56. The van der Waals surface area contributed by atoms with Gasteiger partial charge in [0.05, 0.1) is 0 Å². The number of nitrogens with one attached hydrogen (secondary N) is 2. The third kappa shape index (κ3) is 4.56. The number of hydrogen-bond donors (Lipinski definition) is 2. The fourth-order valence-electron chi connectivity index (χ4n) is 4.19. The maximum atomic E-state index is 12.6. The Morgan fingerprint density at radius 3 is 2.38 bits per heavy atom. The summed E-state index contributed by atoms with van der Waals surface area (Å²) in [5.41, 5.74) is 1.92. The molecule has 0 radical (unpaired) electrons. The van der Waals surface area contributed by atoms with Gasteiger partial charge in [-0.1, -0.05) is 31.5 Å². The molecule has 0 aliphatic carbocycles. The number of hydrogen-bond acceptors (Lipinski definition) is 2. The lowest BCUT2D eigenvalue weighted by Crippen LogP contribution is -2.61. The molecule has 2 bridgehead atoms. The van der Waals surface area contributed by atoms with Crippen LogP contribution < -0.4 is 10.6 Å². The minimum atomic E-state index is 0.0435. The van der Waals surface area contributed by atoms with Gasteiger partial charge in [-0.3, -0.25) is 4.79 Å². The zero-order chi connectivity index (χ0) is 18.7. The van der Waals surface area contributed by atoms with Gasteiger partial charge in [0.1, 0.15) is 0 Å². The molecule has 142 valence electrons. The smallest absolute Gasteiger partial charge is 0.251 e. The SMILES string of the molecule is Cc1ccc(C(=O)NC2C[C@H]3CCC[C@H](C2)N3C(=S)NCC(C)C)cc1. The predicted molar refractivity (Wildman–Crippen MR) is 110 cm³/mol. The average molecular weight is 374 g/mol. The molecule has 1 aromatic rings. The van der Waals surface area contributed by atoms with Gasteiger partial charge in [-0.25, -0.2) is 0 Å². The van der Waals surface area contributed by atoms with Gasteiger partial charge in [0.2, 0.25) is 0 Å². The van der Waals surface area contributed by atoms with E-state index in [1.54, 1.807) is 0 Å². The molecule has 2 aliphatic heterocycles. The van der Waals surface area contributed by atoms with Crippen LogP contribution >= 0.6 is 12.2 Å². The van der Waals surface area contributed by atoms with Crippen LogP contribution in [0.5, 0.6) is 0 Å². The maximum Gasteiger partial charge on any atom is 0.251 e. The molecule has 5 heteroatoms. The average Bonchev–Trinajstić information content (AvgIpc) is 2.59. The number of rotatable bonds is 4. The second kappa shape index (κ2) is 8.38. The van der Waals surface area contributed by atoms with Crippen molar-refractivity contribution in [3.63, 3.8) is 0 Å². The fourth-order valence-corrected chi connectivity index (χ4v) is 4.57. The number of carbonyl (C=O) groups is 1. The highest BCUT2D eigenvalue weighted by molar-refractivity contribution is 7.80. The molecule has 1 aromatic carbocycles. The van der Waals surface area contributed by atoms with Crippen LogP contribution in [0, 0.1) is 12.8 Å². The summed E-state index contributed by atoms with van der Waals surface area (Å²) in [4.78, 5) is 15.0. The lowest BCUT2D eigenvalue weighted by atomic mass is 9.82. The van der Waals surface area contributed by atoms with Crippen molar-refractivity contribution < 1.29 is 4.79 Å². The van der Waals surface area contributed by atoms with E-state index in [-0.39, 0.29) is 11.9 Å². The van der Waals surface area contributed by atoms with Crippen molar-refractivity contribution in [3.05, 3.63) is 35.4 Å². The van der Waals surface area contributed by atoms with Crippen molar-refractivity contribution >= 4 is 23.2 Å². The number of amides is 1. The van der Waals surface area contributed by atoms with Crippen molar-refractivity contribution in [3.8, 4) is 0 Å². The zero-order valence-electron chi connectivity index (χ0n) is 16.1. The predicted octanol–water partition coefficient (Wildman–Crippen LogP) is 3.64. The molecule has 2 fully saturated rings. The number of fused-ring (bicyclic) bond motifs is 2. The standard InChI is InChI=1S/C21H31N3OS/c1-14(2)13-22-21(26)24-18-5-4-6-19(24)12-17(11-18)23-20(25)16-9-7-15(3)8-10-16/h7-10,14,17-19H,4-6,11-13H2,1-3H3,(H,22,26)(H,23,25)/t18-,19-/m1/s1. The van der Waals surface area contributed by atoms with Gasteiger partial charge in [-0.2, -0.15) is 0 Å². The van der Waals surface area contributed by atoms with Gasteiger partial charge >= 0.3 is 0 Å². The molecule has 2 N–H and O–H groups in total. The number of thiocarbonyl (C=S) groups is 1. The molecule has 4 nitrogen and oxygen atoms in total. The van der Waals surface area contributed by atoms with E-state index in [0.29, 0.717) is 18.0 Å². The first kappa shape index (κ1) is 19.2. The van der Waals surface area contributed by atoms with Crippen LogP contribution in [-0.4, -0.2) is 40.6 Å². The Morgan fingerprint density at radius 2 is 1.81 bits per heavy atom. The molecule has 0 unspecified atom stereocenters. The van der Waals surface area contributed by atoms with Gasteiger partial charge in [-0.05, 0) is 69.3 Å². The van der Waals surface area contributed by atoms with E-state index in [1.165, 1.54) is 12.0 Å². The van der Waals surface area contributed by atoms with Crippen LogP contribution in [0.15, 0.2) is 24.3 Å². The summed E-state index contributed by atoms with van der Waals surface area (Å²) in [7, 11) is 0. The van der Waals surface area contributed by atoms with Crippen molar-refractivity contribution in [1.29, 1.82) is 0 Å². The van der Waals surface area contributed by atoms with Crippen LogP contribution in [0.3, 0.4) is 0 Å². The van der Waals surface area contributed by atoms with Crippen LogP contribution in [0.2, 0.25) is 0 Å². The normalized spacial score (nSPS) is 25.1. The highest BCUT2D eigenvalue weighted by atomic mass is 32.1. The van der Waals surface area contributed by atoms with E-state index < -0.39 is 0 Å². The quantitative estimate of drug-likeness (QED) is 0.791. The topological polar surface area (TPSA) is 44.4 Å². The molecule has 0 spiro atoms. The Bertz CT molecular complexity index is 629. The van der Waals surface area contributed by atoms with Gasteiger partial charge in [0.15, 0.2) is 5.11 Å². The van der Waals surface area contributed by atoms with E-state index in [1.807, 2.05) is 31.2 Å². The van der Waals surface area contributed by atoms with E-state index in [4.69, 9.17) is 12.2 Å². The Hall–Kier alpha value is -1.62. The Labute approximate surface area is 162 Å².